The Morgan fingerprint density at radius 1 is 1.21 bits per heavy atom. The van der Waals surface area contributed by atoms with Crippen LogP contribution in [0.1, 0.15) is 15.2 Å². The van der Waals surface area contributed by atoms with Crippen LogP contribution in [0.25, 0.3) is 6.08 Å². The van der Waals surface area contributed by atoms with Gasteiger partial charge in [0, 0.05) is 0 Å². The number of thiophene rings is 1. The van der Waals surface area contributed by atoms with Crippen LogP contribution in [0.3, 0.4) is 0 Å². The summed E-state index contributed by atoms with van der Waals surface area (Å²) in [4.78, 5) is 12.2. The third-order valence-corrected chi connectivity index (χ3v) is 3.28. The maximum atomic E-state index is 11.6. The fourth-order valence-electron chi connectivity index (χ4n) is 1.36. The number of allylic oxidation sites excluding steroid dienone is 1. The molecular weight excluding hydrogens is 280 g/mol. The molecule has 1 amide bonds. The second-order valence-corrected chi connectivity index (χ2v) is 5.00. The SMILES string of the molecule is O=C(N/N=C/C(Cl)=C/c1ccccc1)c1cccs1. The number of nitrogens with one attached hydrogen (secondary N) is 1. The van der Waals surface area contributed by atoms with E-state index in [0.29, 0.717) is 9.91 Å². The van der Waals surface area contributed by atoms with Crippen molar-refractivity contribution in [2.75, 3.05) is 0 Å². The summed E-state index contributed by atoms with van der Waals surface area (Å²) in [6, 6.07) is 13.2. The number of benzene rings is 1. The van der Waals surface area contributed by atoms with Crippen molar-refractivity contribution >= 4 is 41.1 Å². The van der Waals surface area contributed by atoms with Crippen LogP contribution < -0.4 is 5.43 Å². The largest absolute Gasteiger partial charge is 0.281 e. The van der Waals surface area contributed by atoms with Gasteiger partial charge in [-0.15, -0.1) is 11.3 Å². The van der Waals surface area contributed by atoms with Crippen molar-refractivity contribution in [2.24, 2.45) is 5.10 Å². The number of hydrogen-bond donors (Lipinski definition) is 1. The minimum Gasteiger partial charge on any atom is -0.266 e. The standard InChI is InChI=1S/C14H11ClN2OS/c15-12(9-11-5-2-1-3-6-11)10-16-17-14(18)13-7-4-8-19-13/h1-10H,(H,17,18)/b12-9-,16-10+. The Morgan fingerprint density at radius 2 is 2.00 bits per heavy atom. The zero-order valence-electron chi connectivity index (χ0n) is 9.92. The number of nitrogens with zero attached hydrogens (tertiary/aromatic N) is 1. The van der Waals surface area contributed by atoms with E-state index < -0.39 is 0 Å². The number of carbonyl (C=O) groups excluding carboxylic acids is 1. The zero-order chi connectivity index (χ0) is 13.5. The van der Waals surface area contributed by atoms with Crippen LogP contribution in [-0.4, -0.2) is 12.1 Å². The van der Waals surface area contributed by atoms with Crippen molar-refractivity contribution in [1.82, 2.24) is 5.43 Å². The van der Waals surface area contributed by atoms with Crippen molar-refractivity contribution in [3.63, 3.8) is 0 Å². The van der Waals surface area contributed by atoms with E-state index in [-0.39, 0.29) is 5.91 Å². The normalized spacial score (nSPS) is 11.7. The summed E-state index contributed by atoms with van der Waals surface area (Å²) < 4.78 is 0. The van der Waals surface area contributed by atoms with Crippen LogP contribution in [0.2, 0.25) is 0 Å². The molecule has 0 radical (unpaired) electrons. The molecule has 0 aliphatic carbocycles. The van der Waals surface area contributed by atoms with E-state index in [1.807, 2.05) is 41.8 Å². The molecule has 2 rings (SSSR count). The smallest absolute Gasteiger partial charge is 0.266 e. The van der Waals surface area contributed by atoms with Gasteiger partial charge in [0.1, 0.15) is 0 Å². The molecule has 0 spiro atoms. The topological polar surface area (TPSA) is 41.5 Å². The molecular formula is C14H11ClN2OS. The quantitative estimate of drug-likeness (QED) is 0.676. The predicted molar refractivity (Wildman–Crippen MR) is 80.5 cm³/mol. The highest BCUT2D eigenvalue weighted by atomic mass is 35.5. The maximum Gasteiger partial charge on any atom is 0.281 e. The summed E-state index contributed by atoms with van der Waals surface area (Å²) in [5, 5.41) is 6.08. The Balaban J connectivity index is 1.92. The van der Waals surface area contributed by atoms with Gasteiger partial charge in [-0.2, -0.15) is 5.10 Å². The summed E-state index contributed by atoms with van der Waals surface area (Å²) in [5.41, 5.74) is 3.39. The molecule has 0 bridgehead atoms. The van der Waals surface area contributed by atoms with Gasteiger partial charge in [0.25, 0.3) is 5.91 Å². The molecule has 0 saturated heterocycles. The van der Waals surface area contributed by atoms with Crippen LogP contribution in [0, 0.1) is 0 Å². The number of halogens is 1. The van der Waals surface area contributed by atoms with Gasteiger partial charge in [-0.3, -0.25) is 4.79 Å². The Kier molecular flexibility index (Phi) is 4.89. The van der Waals surface area contributed by atoms with Gasteiger partial charge in [-0.05, 0) is 23.1 Å². The molecule has 2 aromatic rings. The highest BCUT2D eigenvalue weighted by molar-refractivity contribution is 7.12. The van der Waals surface area contributed by atoms with Crippen molar-refractivity contribution in [2.45, 2.75) is 0 Å². The molecule has 1 N–H and O–H groups in total. The van der Waals surface area contributed by atoms with Gasteiger partial charge in [0.05, 0.1) is 16.1 Å². The maximum absolute atomic E-state index is 11.6. The van der Waals surface area contributed by atoms with Gasteiger partial charge in [-0.1, -0.05) is 48.0 Å². The monoisotopic (exact) mass is 290 g/mol. The fraction of sp³-hybridized carbons (Fsp3) is 0. The fourth-order valence-corrected chi connectivity index (χ4v) is 2.15. The van der Waals surface area contributed by atoms with Gasteiger partial charge in [0.2, 0.25) is 0 Å². The molecule has 3 nitrogen and oxygen atoms in total. The molecule has 1 aromatic carbocycles. The van der Waals surface area contributed by atoms with Crippen LogP contribution in [0.5, 0.6) is 0 Å². The minimum absolute atomic E-state index is 0.240. The molecule has 1 aromatic heterocycles. The molecule has 0 atom stereocenters. The van der Waals surface area contributed by atoms with E-state index in [1.54, 1.807) is 12.1 Å². The average molecular weight is 291 g/mol. The second-order valence-electron chi connectivity index (χ2n) is 3.62. The number of hydrazone groups is 1. The van der Waals surface area contributed by atoms with Gasteiger partial charge < -0.3 is 0 Å². The molecule has 19 heavy (non-hydrogen) atoms. The van der Waals surface area contributed by atoms with E-state index in [0.717, 1.165) is 5.56 Å². The second kappa shape index (κ2) is 6.87. The van der Waals surface area contributed by atoms with E-state index in [1.165, 1.54) is 17.6 Å². The predicted octanol–water partition coefficient (Wildman–Crippen LogP) is 3.74. The van der Waals surface area contributed by atoms with Crippen molar-refractivity contribution in [1.29, 1.82) is 0 Å². The van der Waals surface area contributed by atoms with Gasteiger partial charge in [-0.25, -0.2) is 5.43 Å². The molecule has 5 heteroatoms. The Hall–Kier alpha value is -1.91. The Labute approximate surface area is 120 Å². The Morgan fingerprint density at radius 3 is 2.68 bits per heavy atom. The van der Waals surface area contributed by atoms with E-state index in [9.17, 15) is 4.79 Å². The van der Waals surface area contributed by atoms with Crippen LogP contribution in [0.4, 0.5) is 0 Å². The van der Waals surface area contributed by atoms with E-state index >= 15 is 0 Å². The molecule has 1 heterocycles. The van der Waals surface area contributed by atoms with Crippen LogP contribution in [-0.2, 0) is 0 Å². The number of hydrogen-bond acceptors (Lipinski definition) is 3. The van der Waals surface area contributed by atoms with E-state index in [4.69, 9.17) is 11.6 Å². The molecule has 0 saturated carbocycles. The Bertz CT molecular complexity index is 591. The van der Waals surface area contributed by atoms with Gasteiger partial charge in [0.15, 0.2) is 0 Å². The van der Waals surface area contributed by atoms with E-state index in [2.05, 4.69) is 10.5 Å². The first-order valence-corrected chi connectivity index (χ1v) is 6.80. The summed E-state index contributed by atoms with van der Waals surface area (Å²) in [6.45, 7) is 0. The summed E-state index contributed by atoms with van der Waals surface area (Å²) in [6.07, 6.45) is 3.17. The highest BCUT2D eigenvalue weighted by Crippen LogP contribution is 2.09. The minimum atomic E-state index is -0.240. The summed E-state index contributed by atoms with van der Waals surface area (Å²) in [7, 11) is 0. The first kappa shape index (κ1) is 13.5. The first-order chi connectivity index (χ1) is 9.25. The first-order valence-electron chi connectivity index (χ1n) is 5.55. The lowest BCUT2D eigenvalue weighted by molar-refractivity contribution is 0.0959. The van der Waals surface area contributed by atoms with Crippen molar-refractivity contribution < 1.29 is 4.79 Å². The number of amides is 1. The van der Waals surface area contributed by atoms with Gasteiger partial charge >= 0.3 is 0 Å². The lowest BCUT2D eigenvalue weighted by Gasteiger charge is -1.95. The average Bonchev–Trinajstić information content (AvgIpc) is 2.93. The number of carbonyl (C=O) groups is 1. The zero-order valence-corrected chi connectivity index (χ0v) is 11.5. The van der Waals surface area contributed by atoms with Crippen LogP contribution >= 0.6 is 22.9 Å². The summed E-state index contributed by atoms with van der Waals surface area (Å²) in [5.74, 6) is -0.240. The lowest BCUT2D eigenvalue weighted by Crippen LogP contribution is -2.15. The molecule has 96 valence electrons. The van der Waals surface area contributed by atoms with Crippen molar-refractivity contribution in [3.8, 4) is 0 Å². The van der Waals surface area contributed by atoms with Crippen LogP contribution in [0.15, 0.2) is 58.0 Å². The molecule has 0 aliphatic rings. The lowest BCUT2D eigenvalue weighted by atomic mass is 10.2. The highest BCUT2D eigenvalue weighted by Gasteiger charge is 2.03. The molecule has 0 aliphatic heterocycles. The number of rotatable bonds is 4. The molecule has 0 fully saturated rings. The molecule has 0 unspecified atom stereocenters. The summed E-state index contributed by atoms with van der Waals surface area (Å²) >= 11 is 7.35. The third-order valence-electron chi connectivity index (χ3n) is 2.20. The third kappa shape index (κ3) is 4.35. The van der Waals surface area contributed by atoms with Crippen molar-refractivity contribution in [3.05, 3.63) is 63.3 Å².